The van der Waals surface area contributed by atoms with Crippen LogP contribution in [0.5, 0.6) is 5.75 Å². The number of benzene rings is 1. The van der Waals surface area contributed by atoms with Crippen LogP contribution in [-0.4, -0.2) is 21.7 Å². The van der Waals surface area contributed by atoms with Gasteiger partial charge in [0, 0.05) is 12.0 Å². The number of hydrogen-bond donors (Lipinski definition) is 0. The van der Waals surface area contributed by atoms with E-state index in [1.54, 1.807) is 18.4 Å². The molecule has 0 aliphatic heterocycles. The molecule has 0 fully saturated rings. The first-order chi connectivity index (χ1) is 10.8. The standard InChI is InChI=1S/C17H21N3OS/c1-3-4-5-6-7-16-19-20-12-15(18-17(20)22-16)13-8-10-14(21-2)11-9-13/h8-12H,3-7H2,1-2H3. The first-order valence-corrected chi connectivity index (χ1v) is 8.61. The summed E-state index contributed by atoms with van der Waals surface area (Å²) in [6.07, 6.45) is 8.15. The number of ether oxygens (including phenoxy) is 1. The van der Waals surface area contributed by atoms with Gasteiger partial charge in [0.1, 0.15) is 10.8 Å². The quantitative estimate of drug-likeness (QED) is 0.599. The van der Waals surface area contributed by atoms with Gasteiger partial charge in [0.2, 0.25) is 4.96 Å². The highest BCUT2D eigenvalue weighted by Crippen LogP contribution is 2.24. The van der Waals surface area contributed by atoms with E-state index < -0.39 is 0 Å². The molecule has 5 heteroatoms. The summed E-state index contributed by atoms with van der Waals surface area (Å²) < 4.78 is 7.09. The fourth-order valence-corrected chi connectivity index (χ4v) is 3.36. The fraction of sp³-hybridized carbons (Fsp3) is 0.412. The molecule has 0 amide bonds. The second-order valence-corrected chi connectivity index (χ2v) is 6.43. The Morgan fingerprint density at radius 2 is 1.95 bits per heavy atom. The van der Waals surface area contributed by atoms with Crippen LogP contribution in [0.15, 0.2) is 30.5 Å². The van der Waals surface area contributed by atoms with Crippen molar-refractivity contribution in [1.82, 2.24) is 14.6 Å². The van der Waals surface area contributed by atoms with Gasteiger partial charge in [0.25, 0.3) is 0 Å². The lowest BCUT2D eigenvalue weighted by Crippen LogP contribution is -1.88. The van der Waals surface area contributed by atoms with E-state index in [1.807, 2.05) is 35.0 Å². The van der Waals surface area contributed by atoms with Crippen molar-refractivity contribution in [2.75, 3.05) is 7.11 Å². The third kappa shape index (κ3) is 3.30. The highest BCUT2D eigenvalue weighted by Gasteiger charge is 2.09. The molecule has 2 aromatic heterocycles. The zero-order chi connectivity index (χ0) is 15.4. The smallest absolute Gasteiger partial charge is 0.212 e. The predicted octanol–water partition coefficient (Wildman–Crippen LogP) is 4.59. The first kappa shape index (κ1) is 15.0. The number of unbranched alkanes of at least 4 members (excludes halogenated alkanes) is 3. The van der Waals surface area contributed by atoms with Gasteiger partial charge in [-0.15, -0.1) is 0 Å². The van der Waals surface area contributed by atoms with E-state index in [1.165, 1.54) is 30.7 Å². The Kier molecular flexibility index (Phi) is 4.73. The summed E-state index contributed by atoms with van der Waals surface area (Å²) in [5.41, 5.74) is 2.04. The minimum absolute atomic E-state index is 0.859. The zero-order valence-electron chi connectivity index (χ0n) is 13.1. The van der Waals surface area contributed by atoms with Gasteiger partial charge in [0.05, 0.1) is 19.0 Å². The molecule has 0 spiro atoms. The molecule has 0 atom stereocenters. The van der Waals surface area contributed by atoms with Crippen LogP contribution in [0, 0.1) is 0 Å². The number of hydrogen-bond acceptors (Lipinski definition) is 4. The number of imidazole rings is 1. The summed E-state index contributed by atoms with van der Waals surface area (Å²) in [5.74, 6) is 0.859. The Hall–Kier alpha value is -1.88. The van der Waals surface area contributed by atoms with Gasteiger partial charge in [-0.1, -0.05) is 37.5 Å². The van der Waals surface area contributed by atoms with E-state index in [4.69, 9.17) is 4.74 Å². The van der Waals surface area contributed by atoms with Crippen LogP contribution in [0.1, 0.15) is 37.6 Å². The van der Waals surface area contributed by atoms with Crippen molar-refractivity contribution in [3.8, 4) is 17.0 Å². The summed E-state index contributed by atoms with van der Waals surface area (Å²) in [6.45, 7) is 2.23. The van der Waals surface area contributed by atoms with E-state index in [2.05, 4.69) is 17.0 Å². The van der Waals surface area contributed by atoms with Crippen molar-refractivity contribution < 1.29 is 4.74 Å². The van der Waals surface area contributed by atoms with Crippen molar-refractivity contribution in [2.24, 2.45) is 0 Å². The molecular weight excluding hydrogens is 294 g/mol. The lowest BCUT2D eigenvalue weighted by Gasteiger charge is -2.00. The Morgan fingerprint density at radius 1 is 1.14 bits per heavy atom. The summed E-state index contributed by atoms with van der Waals surface area (Å²) in [6, 6.07) is 7.96. The van der Waals surface area contributed by atoms with Crippen molar-refractivity contribution in [1.29, 1.82) is 0 Å². The number of nitrogens with zero attached hydrogens (tertiary/aromatic N) is 3. The lowest BCUT2D eigenvalue weighted by molar-refractivity contribution is 0.415. The van der Waals surface area contributed by atoms with Crippen molar-refractivity contribution in [3.05, 3.63) is 35.5 Å². The maximum absolute atomic E-state index is 5.18. The SMILES string of the molecule is CCCCCCc1nn2cc(-c3ccc(OC)cc3)nc2s1. The van der Waals surface area contributed by atoms with Gasteiger partial charge in [-0.2, -0.15) is 5.10 Å². The van der Waals surface area contributed by atoms with Crippen LogP contribution < -0.4 is 4.74 Å². The number of fused-ring (bicyclic) bond motifs is 1. The summed E-state index contributed by atoms with van der Waals surface area (Å²) in [7, 11) is 1.67. The van der Waals surface area contributed by atoms with E-state index in [9.17, 15) is 0 Å². The van der Waals surface area contributed by atoms with Crippen LogP contribution >= 0.6 is 11.3 Å². The third-order valence-electron chi connectivity index (χ3n) is 3.72. The lowest BCUT2D eigenvalue weighted by atomic mass is 10.2. The average Bonchev–Trinajstić information content (AvgIpc) is 3.10. The largest absolute Gasteiger partial charge is 0.497 e. The van der Waals surface area contributed by atoms with Crippen molar-refractivity contribution in [2.45, 2.75) is 39.0 Å². The van der Waals surface area contributed by atoms with E-state index >= 15 is 0 Å². The number of methoxy groups -OCH3 is 1. The summed E-state index contributed by atoms with van der Waals surface area (Å²) >= 11 is 1.69. The molecule has 0 radical (unpaired) electrons. The molecule has 2 heterocycles. The number of rotatable bonds is 7. The average molecular weight is 315 g/mol. The molecule has 0 saturated heterocycles. The molecule has 0 N–H and O–H groups in total. The maximum Gasteiger partial charge on any atom is 0.212 e. The van der Waals surface area contributed by atoms with E-state index in [-0.39, 0.29) is 0 Å². The van der Waals surface area contributed by atoms with Crippen LogP contribution in [0.3, 0.4) is 0 Å². The monoisotopic (exact) mass is 315 g/mol. The normalized spacial score (nSPS) is 11.2. The van der Waals surface area contributed by atoms with Crippen molar-refractivity contribution in [3.63, 3.8) is 0 Å². The van der Waals surface area contributed by atoms with Gasteiger partial charge in [0.15, 0.2) is 0 Å². The van der Waals surface area contributed by atoms with E-state index in [0.29, 0.717) is 0 Å². The Labute approximate surface area is 134 Å². The summed E-state index contributed by atoms with van der Waals surface area (Å²) in [5, 5.41) is 5.82. The topological polar surface area (TPSA) is 39.4 Å². The van der Waals surface area contributed by atoms with Crippen LogP contribution in [0.4, 0.5) is 0 Å². The molecule has 3 rings (SSSR count). The minimum atomic E-state index is 0.859. The Morgan fingerprint density at radius 3 is 2.64 bits per heavy atom. The molecule has 3 aromatic rings. The number of aryl methyl sites for hydroxylation is 1. The van der Waals surface area contributed by atoms with Gasteiger partial charge in [-0.25, -0.2) is 9.50 Å². The summed E-state index contributed by atoms with van der Waals surface area (Å²) in [4.78, 5) is 5.65. The zero-order valence-corrected chi connectivity index (χ0v) is 13.9. The Bertz CT molecular complexity index is 699. The fourth-order valence-electron chi connectivity index (χ4n) is 2.45. The molecule has 1 aromatic carbocycles. The predicted molar refractivity (Wildman–Crippen MR) is 90.7 cm³/mol. The van der Waals surface area contributed by atoms with Crippen molar-refractivity contribution >= 4 is 16.3 Å². The molecule has 4 nitrogen and oxygen atoms in total. The second-order valence-electron chi connectivity index (χ2n) is 5.39. The molecule has 0 unspecified atom stereocenters. The highest BCUT2D eigenvalue weighted by molar-refractivity contribution is 7.16. The Balaban J connectivity index is 1.72. The molecule has 0 aliphatic rings. The maximum atomic E-state index is 5.18. The minimum Gasteiger partial charge on any atom is -0.497 e. The molecule has 0 saturated carbocycles. The molecule has 116 valence electrons. The van der Waals surface area contributed by atoms with Gasteiger partial charge >= 0.3 is 0 Å². The van der Waals surface area contributed by atoms with Crippen LogP contribution in [-0.2, 0) is 6.42 Å². The third-order valence-corrected chi connectivity index (χ3v) is 4.70. The van der Waals surface area contributed by atoms with Crippen LogP contribution in [0.25, 0.3) is 16.2 Å². The molecule has 0 aliphatic carbocycles. The van der Waals surface area contributed by atoms with Gasteiger partial charge in [-0.05, 0) is 30.7 Å². The van der Waals surface area contributed by atoms with E-state index in [0.717, 1.165) is 28.4 Å². The highest BCUT2D eigenvalue weighted by atomic mass is 32.1. The number of aromatic nitrogens is 3. The molecule has 0 bridgehead atoms. The molecule has 22 heavy (non-hydrogen) atoms. The second kappa shape index (κ2) is 6.92. The van der Waals surface area contributed by atoms with Gasteiger partial charge in [-0.3, -0.25) is 0 Å². The van der Waals surface area contributed by atoms with Gasteiger partial charge < -0.3 is 4.74 Å². The first-order valence-electron chi connectivity index (χ1n) is 7.79. The van der Waals surface area contributed by atoms with Crippen LogP contribution in [0.2, 0.25) is 0 Å². The molecular formula is C17H21N3OS.